The number of carbonyl (C=O) groups is 1. The standard InChI is InChI=1S/C20H19ClN4O3/c1-3-18(19(26)23-15-8-6-14(21)7-9-15)25-20(27)24-17(12-22-25)13-4-10-16(28-2)11-5-13/h4-12,18H,3H2,1-2H3,(H,23,26). The van der Waals surface area contributed by atoms with E-state index in [4.69, 9.17) is 16.3 Å². The number of nitrogens with zero attached hydrogens (tertiary/aromatic N) is 3. The molecule has 0 fully saturated rings. The Morgan fingerprint density at radius 3 is 2.43 bits per heavy atom. The largest absolute Gasteiger partial charge is 0.497 e. The van der Waals surface area contributed by atoms with Gasteiger partial charge in [0.05, 0.1) is 19.0 Å². The van der Waals surface area contributed by atoms with Crippen LogP contribution in [0, 0.1) is 0 Å². The summed E-state index contributed by atoms with van der Waals surface area (Å²) in [6.45, 7) is 1.80. The van der Waals surface area contributed by atoms with E-state index in [1.165, 1.54) is 6.20 Å². The third-order valence-corrected chi connectivity index (χ3v) is 4.45. The highest BCUT2D eigenvalue weighted by molar-refractivity contribution is 6.30. The number of anilines is 1. The fourth-order valence-electron chi connectivity index (χ4n) is 2.69. The number of aromatic nitrogens is 3. The molecule has 1 atom stereocenters. The summed E-state index contributed by atoms with van der Waals surface area (Å²) in [6, 6.07) is 13.1. The van der Waals surface area contributed by atoms with Crippen LogP contribution in [-0.4, -0.2) is 27.8 Å². The van der Waals surface area contributed by atoms with Gasteiger partial charge in [0.25, 0.3) is 0 Å². The van der Waals surface area contributed by atoms with Gasteiger partial charge < -0.3 is 10.1 Å². The summed E-state index contributed by atoms with van der Waals surface area (Å²) in [5.41, 5.74) is 1.16. The van der Waals surface area contributed by atoms with Gasteiger partial charge in [0.1, 0.15) is 11.8 Å². The van der Waals surface area contributed by atoms with Crippen molar-refractivity contribution in [2.75, 3.05) is 12.4 Å². The SMILES string of the molecule is CCC(C(=O)Nc1ccc(Cl)cc1)n1ncc(-c2ccc(OC)cc2)nc1=O. The molecule has 1 heterocycles. The summed E-state index contributed by atoms with van der Waals surface area (Å²) in [5, 5.41) is 7.51. The van der Waals surface area contributed by atoms with E-state index in [-0.39, 0.29) is 5.91 Å². The molecular weight excluding hydrogens is 380 g/mol. The van der Waals surface area contributed by atoms with Gasteiger partial charge in [-0.3, -0.25) is 4.79 Å². The summed E-state index contributed by atoms with van der Waals surface area (Å²) in [6.07, 6.45) is 1.86. The minimum atomic E-state index is -0.777. The second-order valence-corrected chi connectivity index (χ2v) is 6.45. The maximum absolute atomic E-state index is 12.6. The Morgan fingerprint density at radius 2 is 1.86 bits per heavy atom. The molecule has 0 spiro atoms. The average Bonchev–Trinajstić information content (AvgIpc) is 2.71. The molecule has 1 amide bonds. The first kappa shape index (κ1) is 19.6. The first-order valence-electron chi connectivity index (χ1n) is 8.68. The van der Waals surface area contributed by atoms with Gasteiger partial charge in [-0.25, -0.2) is 9.48 Å². The number of rotatable bonds is 6. The highest BCUT2D eigenvalue weighted by Crippen LogP contribution is 2.20. The molecule has 1 aromatic heterocycles. The zero-order valence-electron chi connectivity index (χ0n) is 15.4. The number of nitrogens with one attached hydrogen (secondary N) is 1. The molecule has 1 unspecified atom stereocenters. The summed E-state index contributed by atoms with van der Waals surface area (Å²) in [7, 11) is 1.58. The third-order valence-electron chi connectivity index (χ3n) is 4.20. The summed E-state index contributed by atoms with van der Waals surface area (Å²) >= 11 is 5.85. The van der Waals surface area contributed by atoms with Crippen LogP contribution in [0.2, 0.25) is 5.02 Å². The van der Waals surface area contributed by atoms with Crippen molar-refractivity contribution in [3.05, 3.63) is 70.2 Å². The lowest BCUT2D eigenvalue weighted by molar-refractivity contribution is -0.119. The Balaban J connectivity index is 1.83. The number of carbonyl (C=O) groups excluding carboxylic acids is 1. The summed E-state index contributed by atoms with van der Waals surface area (Å²) in [4.78, 5) is 29.2. The van der Waals surface area contributed by atoms with Crippen LogP contribution in [0.15, 0.2) is 59.5 Å². The van der Waals surface area contributed by atoms with Crippen molar-refractivity contribution in [2.45, 2.75) is 19.4 Å². The fraction of sp³-hybridized carbons (Fsp3) is 0.200. The lowest BCUT2D eigenvalue weighted by Crippen LogP contribution is -2.36. The van der Waals surface area contributed by atoms with Gasteiger partial charge >= 0.3 is 5.69 Å². The van der Waals surface area contributed by atoms with Crippen molar-refractivity contribution in [2.24, 2.45) is 0 Å². The molecule has 0 aliphatic heterocycles. The number of ether oxygens (including phenoxy) is 1. The molecule has 7 nitrogen and oxygen atoms in total. The maximum Gasteiger partial charge on any atom is 0.365 e. The van der Waals surface area contributed by atoms with Gasteiger partial charge in [-0.05, 0) is 55.0 Å². The second kappa shape index (κ2) is 8.67. The van der Waals surface area contributed by atoms with E-state index in [0.29, 0.717) is 28.6 Å². The van der Waals surface area contributed by atoms with Gasteiger partial charge in [0.2, 0.25) is 5.91 Å². The van der Waals surface area contributed by atoms with Crippen molar-refractivity contribution in [1.29, 1.82) is 0 Å². The molecule has 3 rings (SSSR count). The highest BCUT2D eigenvalue weighted by atomic mass is 35.5. The lowest BCUT2D eigenvalue weighted by atomic mass is 10.1. The quantitative estimate of drug-likeness (QED) is 0.686. The molecule has 0 saturated heterocycles. The van der Waals surface area contributed by atoms with E-state index in [0.717, 1.165) is 10.2 Å². The molecule has 0 aliphatic carbocycles. The van der Waals surface area contributed by atoms with E-state index in [2.05, 4.69) is 15.4 Å². The predicted octanol–water partition coefficient (Wildman–Crippen LogP) is 3.56. The Labute approximate surface area is 166 Å². The second-order valence-electron chi connectivity index (χ2n) is 6.02. The van der Waals surface area contributed by atoms with Crippen LogP contribution in [0.4, 0.5) is 5.69 Å². The van der Waals surface area contributed by atoms with Crippen LogP contribution >= 0.6 is 11.6 Å². The van der Waals surface area contributed by atoms with Gasteiger partial charge in [0, 0.05) is 16.3 Å². The molecule has 3 aromatic rings. The van der Waals surface area contributed by atoms with Crippen LogP contribution in [0.5, 0.6) is 5.75 Å². The van der Waals surface area contributed by atoms with E-state index >= 15 is 0 Å². The molecule has 0 aliphatic rings. The van der Waals surface area contributed by atoms with Gasteiger partial charge in [-0.15, -0.1) is 0 Å². The zero-order valence-corrected chi connectivity index (χ0v) is 16.2. The van der Waals surface area contributed by atoms with Crippen molar-refractivity contribution >= 4 is 23.2 Å². The molecule has 1 N–H and O–H groups in total. The molecule has 144 valence electrons. The molecule has 28 heavy (non-hydrogen) atoms. The summed E-state index contributed by atoms with van der Waals surface area (Å²) in [5.74, 6) is 0.355. The van der Waals surface area contributed by atoms with E-state index in [1.54, 1.807) is 62.6 Å². The van der Waals surface area contributed by atoms with Crippen molar-refractivity contribution in [1.82, 2.24) is 14.8 Å². The van der Waals surface area contributed by atoms with E-state index in [9.17, 15) is 9.59 Å². The number of hydrogen-bond donors (Lipinski definition) is 1. The van der Waals surface area contributed by atoms with Crippen LogP contribution in [-0.2, 0) is 4.79 Å². The van der Waals surface area contributed by atoms with Gasteiger partial charge in [-0.2, -0.15) is 10.1 Å². The van der Waals surface area contributed by atoms with Crippen molar-refractivity contribution in [3.63, 3.8) is 0 Å². The highest BCUT2D eigenvalue weighted by Gasteiger charge is 2.22. The Kier molecular flexibility index (Phi) is 6.06. The number of halogens is 1. The first-order valence-corrected chi connectivity index (χ1v) is 9.06. The predicted molar refractivity (Wildman–Crippen MR) is 108 cm³/mol. The normalized spacial score (nSPS) is 11.7. The monoisotopic (exact) mass is 398 g/mol. The molecule has 0 bridgehead atoms. The zero-order chi connectivity index (χ0) is 20.1. The van der Waals surface area contributed by atoms with Crippen LogP contribution in [0.3, 0.4) is 0 Å². The molecular formula is C20H19ClN4O3. The smallest absolute Gasteiger partial charge is 0.365 e. The number of benzene rings is 2. The number of amides is 1. The van der Waals surface area contributed by atoms with Crippen LogP contribution in [0.25, 0.3) is 11.3 Å². The molecule has 0 saturated carbocycles. The molecule has 2 aromatic carbocycles. The number of hydrogen-bond acceptors (Lipinski definition) is 5. The Hall–Kier alpha value is -3.19. The van der Waals surface area contributed by atoms with Gasteiger partial charge in [0.15, 0.2) is 0 Å². The van der Waals surface area contributed by atoms with Gasteiger partial charge in [-0.1, -0.05) is 18.5 Å². The third kappa shape index (κ3) is 4.37. The molecule has 0 radical (unpaired) electrons. The molecule has 8 heteroatoms. The maximum atomic E-state index is 12.6. The fourth-order valence-corrected chi connectivity index (χ4v) is 2.82. The minimum Gasteiger partial charge on any atom is -0.497 e. The van der Waals surface area contributed by atoms with Crippen molar-refractivity contribution in [3.8, 4) is 17.0 Å². The average molecular weight is 399 g/mol. The summed E-state index contributed by atoms with van der Waals surface area (Å²) < 4.78 is 6.22. The Bertz CT molecular complexity index is 1020. The van der Waals surface area contributed by atoms with Crippen molar-refractivity contribution < 1.29 is 9.53 Å². The number of methoxy groups -OCH3 is 1. The van der Waals surface area contributed by atoms with Crippen LogP contribution in [0.1, 0.15) is 19.4 Å². The topological polar surface area (TPSA) is 86.1 Å². The Morgan fingerprint density at radius 1 is 1.18 bits per heavy atom. The minimum absolute atomic E-state index is 0.349. The lowest BCUT2D eigenvalue weighted by Gasteiger charge is -2.16. The first-order chi connectivity index (χ1) is 13.5. The van der Waals surface area contributed by atoms with Crippen LogP contribution < -0.4 is 15.7 Å². The van der Waals surface area contributed by atoms with E-state index < -0.39 is 11.7 Å². The van der Waals surface area contributed by atoms with E-state index in [1.807, 2.05) is 0 Å².